The molecule has 0 spiro atoms. The minimum absolute atomic E-state index is 0.204. The van der Waals surface area contributed by atoms with E-state index in [-0.39, 0.29) is 11.6 Å². The zero-order valence-electron chi connectivity index (χ0n) is 20.2. The Morgan fingerprint density at radius 2 is 1.58 bits per heavy atom. The molecule has 36 heavy (non-hydrogen) atoms. The van der Waals surface area contributed by atoms with Gasteiger partial charge in [0.25, 0.3) is 0 Å². The molecule has 0 saturated carbocycles. The van der Waals surface area contributed by atoms with Crippen LogP contribution in [0.5, 0.6) is 11.5 Å². The van der Waals surface area contributed by atoms with E-state index in [2.05, 4.69) is 15.8 Å². The number of nitrogens with zero attached hydrogens (tertiary/aromatic N) is 1. The van der Waals surface area contributed by atoms with Crippen molar-refractivity contribution in [2.24, 2.45) is 5.10 Å². The van der Waals surface area contributed by atoms with Crippen molar-refractivity contribution < 1.29 is 19.1 Å². The number of halogens is 2. The van der Waals surface area contributed by atoms with Crippen LogP contribution in [0, 0.1) is 0 Å². The van der Waals surface area contributed by atoms with Crippen LogP contribution >= 0.6 is 23.2 Å². The Kier molecular flexibility index (Phi) is 9.73. The predicted molar refractivity (Wildman–Crippen MR) is 143 cm³/mol. The number of methoxy groups -OCH3 is 1. The zero-order chi connectivity index (χ0) is 26.1. The number of benzene rings is 3. The van der Waals surface area contributed by atoms with Gasteiger partial charge in [0.2, 0.25) is 0 Å². The summed E-state index contributed by atoms with van der Waals surface area (Å²) in [6.45, 7) is 4.18. The SMILES string of the molecule is CCc1cccc(CC)c1NC(=O)C(=O)N/N=C\c1cc(Cl)c(OCc2ccccc2Cl)c(OC)c1. The number of amides is 2. The first kappa shape index (κ1) is 27.0. The Morgan fingerprint density at radius 1 is 0.917 bits per heavy atom. The van der Waals surface area contributed by atoms with Gasteiger partial charge in [-0.25, -0.2) is 5.43 Å². The monoisotopic (exact) mass is 527 g/mol. The van der Waals surface area contributed by atoms with Gasteiger partial charge in [-0.05, 0) is 47.7 Å². The fraction of sp³-hybridized carbons (Fsp3) is 0.222. The van der Waals surface area contributed by atoms with E-state index in [9.17, 15) is 9.59 Å². The lowest BCUT2D eigenvalue weighted by atomic mass is 10.0. The number of anilines is 1. The maximum atomic E-state index is 12.4. The summed E-state index contributed by atoms with van der Waals surface area (Å²) in [5, 5.41) is 7.46. The van der Waals surface area contributed by atoms with Crippen molar-refractivity contribution in [1.29, 1.82) is 0 Å². The molecule has 0 unspecified atom stereocenters. The van der Waals surface area contributed by atoms with Crippen LogP contribution in [0.1, 0.15) is 36.1 Å². The van der Waals surface area contributed by atoms with Gasteiger partial charge >= 0.3 is 11.8 Å². The Balaban J connectivity index is 1.66. The molecule has 0 aliphatic heterocycles. The van der Waals surface area contributed by atoms with Crippen LogP contribution in [0.25, 0.3) is 0 Å². The van der Waals surface area contributed by atoms with Crippen LogP contribution in [0.4, 0.5) is 5.69 Å². The topological polar surface area (TPSA) is 89.0 Å². The molecule has 3 aromatic rings. The van der Waals surface area contributed by atoms with E-state index < -0.39 is 11.8 Å². The molecule has 2 amide bonds. The Hall–Kier alpha value is -3.55. The van der Waals surface area contributed by atoms with E-state index in [1.165, 1.54) is 13.3 Å². The Morgan fingerprint density at radius 3 is 2.22 bits per heavy atom. The molecular weight excluding hydrogens is 501 g/mol. The number of para-hydroxylation sites is 1. The van der Waals surface area contributed by atoms with Crippen molar-refractivity contribution >= 4 is 46.9 Å². The third-order valence-corrected chi connectivity index (χ3v) is 6.05. The molecule has 0 fully saturated rings. The summed E-state index contributed by atoms with van der Waals surface area (Å²) < 4.78 is 11.2. The zero-order valence-corrected chi connectivity index (χ0v) is 21.7. The fourth-order valence-electron chi connectivity index (χ4n) is 3.51. The van der Waals surface area contributed by atoms with E-state index in [0.717, 1.165) is 29.5 Å². The van der Waals surface area contributed by atoms with Crippen LogP contribution in [0.3, 0.4) is 0 Å². The van der Waals surface area contributed by atoms with Crippen LogP contribution in [0.2, 0.25) is 10.0 Å². The van der Waals surface area contributed by atoms with E-state index in [0.29, 0.717) is 27.8 Å². The lowest BCUT2D eigenvalue weighted by Crippen LogP contribution is -2.33. The summed E-state index contributed by atoms with van der Waals surface area (Å²) in [4.78, 5) is 24.7. The summed E-state index contributed by atoms with van der Waals surface area (Å²) in [6.07, 6.45) is 2.81. The second kappa shape index (κ2) is 13.0. The molecular formula is C27H27Cl2N3O4. The molecule has 2 N–H and O–H groups in total. The molecule has 9 heteroatoms. The highest BCUT2D eigenvalue weighted by Gasteiger charge is 2.17. The number of ether oxygens (including phenoxy) is 2. The summed E-state index contributed by atoms with van der Waals surface area (Å²) in [6, 6.07) is 16.4. The minimum Gasteiger partial charge on any atom is -0.493 e. The summed E-state index contributed by atoms with van der Waals surface area (Å²) in [5.41, 5.74) is 6.15. The molecule has 0 radical (unpaired) electrons. The third-order valence-electron chi connectivity index (χ3n) is 5.40. The van der Waals surface area contributed by atoms with Crippen molar-refractivity contribution in [2.75, 3.05) is 12.4 Å². The van der Waals surface area contributed by atoms with Gasteiger partial charge in [-0.15, -0.1) is 0 Å². The highest BCUT2D eigenvalue weighted by atomic mass is 35.5. The minimum atomic E-state index is -0.892. The number of hydrazone groups is 1. The molecule has 0 bridgehead atoms. The first-order valence-corrected chi connectivity index (χ1v) is 12.1. The van der Waals surface area contributed by atoms with Gasteiger partial charge in [0.1, 0.15) is 6.61 Å². The first-order valence-electron chi connectivity index (χ1n) is 11.4. The number of hydrogen-bond acceptors (Lipinski definition) is 5. The number of hydrogen-bond donors (Lipinski definition) is 2. The van der Waals surface area contributed by atoms with Crippen LogP contribution in [-0.4, -0.2) is 25.1 Å². The van der Waals surface area contributed by atoms with Crippen LogP contribution < -0.4 is 20.2 Å². The lowest BCUT2D eigenvalue weighted by Gasteiger charge is -2.14. The van der Waals surface area contributed by atoms with Gasteiger partial charge < -0.3 is 14.8 Å². The molecule has 0 aromatic heterocycles. The van der Waals surface area contributed by atoms with Gasteiger partial charge in [0.15, 0.2) is 11.5 Å². The second-order valence-corrected chi connectivity index (χ2v) is 8.54. The Labute approximate surface area is 220 Å². The molecule has 188 valence electrons. The Bertz CT molecular complexity index is 1260. The molecule has 3 aromatic carbocycles. The third kappa shape index (κ3) is 6.77. The highest BCUT2D eigenvalue weighted by molar-refractivity contribution is 6.39. The maximum Gasteiger partial charge on any atom is 0.329 e. The predicted octanol–water partition coefficient (Wildman–Crippen LogP) is 5.79. The summed E-state index contributed by atoms with van der Waals surface area (Å²) in [5.74, 6) is -0.969. The van der Waals surface area contributed by atoms with Gasteiger partial charge in [0.05, 0.1) is 18.3 Å². The van der Waals surface area contributed by atoms with Gasteiger partial charge in [-0.3, -0.25) is 9.59 Å². The number of carbonyl (C=O) groups is 2. The van der Waals surface area contributed by atoms with Gasteiger partial charge in [-0.1, -0.05) is 73.4 Å². The van der Waals surface area contributed by atoms with Crippen LogP contribution in [0.15, 0.2) is 59.7 Å². The van der Waals surface area contributed by atoms with Crippen molar-refractivity contribution in [3.63, 3.8) is 0 Å². The van der Waals surface area contributed by atoms with Gasteiger partial charge in [0, 0.05) is 16.3 Å². The fourth-order valence-corrected chi connectivity index (χ4v) is 3.97. The molecule has 7 nitrogen and oxygen atoms in total. The van der Waals surface area contributed by atoms with E-state index >= 15 is 0 Å². The average molecular weight is 528 g/mol. The van der Waals surface area contributed by atoms with Crippen molar-refractivity contribution in [2.45, 2.75) is 33.3 Å². The van der Waals surface area contributed by atoms with E-state index in [1.54, 1.807) is 18.2 Å². The van der Waals surface area contributed by atoms with Crippen molar-refractivity contribution in [3.05, 3.63) is 86.9 Å². The second-order valence-electron chi connectivity index (χ2n) is 7.73. The lowest BCUT2D eigenvalue weighted by molar-refractivity contribution is -0.136. The normalized spacial score (nSPS) is 10.8. The van der Waals surface area contributed by atoms with Gasteiger partial charge in [-0.2, -0.15) is 5.10 Å². The summed E-state index contributed by atoms with van der Waals surface area (Å²) in [7, 11) is 1.49. The van der Waals surface area contributed by atoms with Crippen molar-refractivity contribution in [3.8, 4) is 11.5 Å². The average Bonchev–Trinajstić information content (AvgIpc) is 2.88. The maximum absolute atomic E-state index is 12.4. The molecule has 0 aliphatic rings. The quantitative estimate of drug-likeness (QED) is 0.209. The number of rotatable bonds is 9. The van der Waals surface area contributed by atoms with Crippen LogP contribution in [-0.2, 0) is 29.0 Å². The van der Waals surface area contributed by atoms with E-state index in [1.807, 2.05) is 50.2 Å². The molecule has 0 aliphatic carbocycles. The summed E-state index contributed by atoms with van der Waals surface area (Å²) >= 11 is 12.6. The number of nitrogens with one attached hydrogen (secondary N) is 2. The molecule has 0 saturated heterocycles. The molecule has 0 atom stereocenters. The standard InChI is InChI=1S/C27H27Cl2N3O4/c1-4-18-10-8-11-19(5-2)24(18)31-26(33)27(34)32-30-15-17-13-22(29)25(23(14-17)35-3)36-16-20-9-6-7-12-21(20)28/h6-15H,4-5,16H2,1-3H3,(H,31,33)(H,32,34)/b30-15-. The largest absolute Gasteiger partial charge is 0.493 e. The smallest absolute Gasteiger partial charge is 0.329 e. The number of aryl methyl sites for hydroxylation is 2. The molecule has 3 rings (SSSR count). The van der Waals surface area contributed by atoms with E-state index in [4.69, 9.17) is 32.7 Å². The number of carbonyl (C=O) groups excluding carboxylic acids is 2. The van der Waals surface area contributed by atoms with Crippen molar-refractivity contribution in [1.82, 2.24) is 5.43 Å². The first-order chi connectivity index (χ1) is 17.4. The highest BCUT2D eigenvalue weighted by Crippen LogP contribution is 2.37. The molecule has 0 heterocycles.